The van der Waals surface area contributed by atoms with Gasteiger partial charge < -0.3 is 20.1 Å². The first-order valence-corrected chi connectivity index (χ1v) is 10.8. The van der Waals surface area contributed by atoms with Crippen molar-refractivity contribution in [1.29, 1.82) is 0 Å². The number of quaternary nitrogens is 2. The standard InChI is InChI=1S/C21H36N2O4/c1-19(2,15-5-11-22-12-6-15)26-17(24)21(9-10-21)18(25)27-20(3,4)16-7-13-23-14-8-16/h15-16,22-23H,5-14H2,1-4H3/p+2. The molecule has 3 fully saturated rings. The molecule has 0 bridgehead atoms. The normalized spacial score (nSPS) is 24.3. The van der Waals surface area contributed by atoms with Crippen LogP contribution in [0.3, 0.4) is 0 Å². The second-order valence-corrected chi connectivity index (χ2v) is 9.85. The number of hydrogen-bond acceptors (Lipinski definition) is 4. The average molecular weight is 383 g/mol. The van der Waals surface area contributed by atoms with Crippen molar-refractivity contribution in [2.75, 3.05) is 26.2 Å². The predicted octanol–water partition coefficient (Wildman–Crippen LogP) is 0.357. The quantitative estimate of drug-likeness (QED) is 0.513. The molecule has 27 heavy (non-hydrogen) atoms. The fourth-order valence-electron chi connectivity index (χ4n) is 4.70. The predicted molar refractivity (Wildman–Crippen MR) is 101 cm³/mol. The van der Waals surface area contributed by atoms with Crippen molar-refractivity contribution in [3.63, 3.8) is 0 Å². The molecule has 2 heterocycles. The number of esters is 2. The van der Waals surface area contributed by atoms with E-state index in [9.17, 15) is 9.59 Å². The average Bonchev–Trinajstić information content (AvgIpc) is 3.45. The van der Waals surface area contributed by atoms with Gasteiger partial charge in [-0.15, -0.1) is 0 Å². The van der Waals surface area contributed by atoms with Crippen molar-refractivity contribution in [2.45, 2.75) is 77.4 Å². The first-order valence-electron chi connectivity index (χ1n) is 10.8. The third-order valence-corrected chi connectivity index (χ3v) is 7.09. The van der Waals surface area contributed by atoms with Crippen LogP contribution in [0.15, 0.2) is 0 Å². The summed E-state index contributed by atoms with van der Waals surface area (Å²) in [6.45, 7) is 12.3. The van der Waals surface area contributed by atoms with Crippen molar-refractivity contribution in [1.82, 2.24) is 0 Å². The summed E-state index contributed by atoms with van der Waals surface area (Å²) in [6.07, 6.45) is 5.28. The molecule has 2 saturated heterocycles. The molecule has 6 heteroatoms. The van der Waals surface area contributed by atoms with E-state index in [1.807, 2.05) is 27.7 Å². The van der Waals surface area contributed by atoms with E-state index in [0.29, 0.717) is 24.7 Å². The van der Waals surface area contributed by atoms with Crippen LogP contribution in [0.4, 0.5) is 0 Å². The van der Waals surface area contributed by atoms with Gasteiger partial charge in [-0.3, -0.25) is 9.59 Å². The first kappa shape index (κ1) is 20.6. The van der Waals surface area contributed by atoms with Gasteiger partial charge in [0.2, 0.25) is 0 Å². The van der Waals surface area contributed by atoms with Crippen LogP contribution in [0, 0.1) is 17.3 Å². The highest BCUT2D eigenvalue weighted by Gasteiger charge is 2.62. The summed E-state index contributed by atoms with van der Waals surface area (Å²) in [5.41, 5.74) is -2.12. The lowest BCUT2D eigenvalue weighted by Crippen LogP contribution is -2.86. The van der Waals surface area contributed by atoms with Gasteiger partial charge in [0.1, 0.15) is 11.2 Å². The minimum Gasteiger partial charge on any atom is -0.459 e. The van der Waals surface area contributed by atoms with E-state index in [1.54, 1.807) is 0 Å². The van der Waals surface area contributed by atoms with Gasteiger partial charge in [-0.2, -0.15) is 0 Å². The van der Waals surface area contributed by atoms with Crippen molar-refractivity contribution in [3.8, 4) is 0 Å². The van der Waals surface area contributed by atoms with Gasteiger partial charge >= 0.3 is 11.9 Å². The van der Waals surface area contributed by atoms with Gasteiger partial charge in [0.05, 0.1) is 26.2 Å². The summed E-state index contributed by atoms with van der Waals surface area (Å²) < 4.78 is 11.9. The largest absolute Gasteiger partial charge is 0.459 e. The maximum Gasteiger partial charge on any atom is 0.324 e. The monoisotopic (exact) mass is 382 g/mol. The van der Waals surface area contributed by atoms with E-state index in [4.69, 9.17) is 9.47 Å². The third-order valence-electron chi connectivity index (χ3n) is 7.09. The lowest BCUT2D eigenvalue weighted by Gasteiger charge is -2.38. The highest BCUT2D eigenvalue weighted by Crippen LogP contribution is 2.50. The number of nitrogens with two attached hydrogens (primary N) is 2. The Kier molecular flexibility index (Phi) is 5.88. The van der Waals surface area contributed by atoms with Gasteiger partial charge in [0, 0.05) is 37.5 Å². The Morgan fingerprint density at radius 3 is 1.37 bits per heavy atom. The molecule has 6 nitrogen and oxygen atoms in total. The Morgan fingerprint density at radius 2 is 1.07 bits per heavy atom. The van der Waals surface area contributed by atoms with E-state index in [2.05, 4.69) is 10.6 Å². The number of hydrogen-bond donors (Lipinski definition) is 2. The van der Waals surface area contributed by atoms with Crippen LogP contribution in [0.5, 0.6) is 0 Å². The number of carbonyl (C=O) groups excluding carboxylic acids is 2. The third kappa shape index (κ3) is 4.48. The van der Waals surface area contributed by atoms with Gasteiger partial charge in [0.15, 0.2) is 5.41 Å². The second-order valence-electron chi connectivity index (χ2n) is 9.85. The second kappa shape index (κ2) is 7.70. The van der Waals surface area contributed by atoms with Gasteiger partial charge in [-0.25, -0.2) is 0 Å². The molecule has 0 aromatic heterocycles. The maximum atomic E-state index is 13.0. The SMILES string of the molecule is CC(C)(OC(=O)C1(C(=O)OC(C)(C)C2CC[NH2+]CC2)CC1)C1CC[NH2+]CC1. The number of ether oxygens (including phenoxy) is 2. The molecule has 0 atom stereocenters. The van der Waals surface area contributed by atoms with Crippen LogP contribution >= 0.6 is 0 Å². The van der Waals surface area contributed by atoms with Crippen LogP contribution in [0.1, 0.15) is 66.2 Å². The molecule has 3 aliphatic rings. The Bertz CT molecular complexity index is 511. The van der Waals surface area contributed by atoms with Crippen molar-refractivity contribution >= 4 is 11.9 Å². The van der Waals surface area contributed by atoms with Gasteiger partial charge in [-0.1, -0.05) is 0 Å². The van der Waals surface area contributed by atoms with Gasteiger partial charge in [-0.05, 0) is 40.5 Å². The zero-order valence-electron chi connectivity index (χ0n) is 17.5. The molecule has 0 aromatic rings. The molecule has 0 spiro atoms. The van der Waals surface area contributed by atoms with E-state index < -0.39 is 16.6 Å². The van der Waals surface area contributed by atoms with Crippen LogP contribution in [-0.4, -0.2) is 49.3 Å². The molecular formula is C21H38N2O4+2. The van der Waals surface area contributed by atoms with Crippen molar-refractivity contribution in [2.24, 2.45) is 17.3 Å². The lowest BCUT2D eigenvalue weighted by atomic mass is 9.83. The zero-order valence-corrected chi connectivity index (χ0v) is 17.5. The molecular weight excluding hydrogens is 344 g/mol. The molecule has 3 rings (SSSR count). The summed E-state index contributed by atoms with van der Waals surface area (Å²) in [4.78, 5) is 25.9. The van der Waals surface area contributed by atoms with Crippen molar-refractivity contribution in [3.05, 3.63) is 0 Å². The zero-order chi connectivity index (χ0) is 19.7. The van der Waals surface area contributed by atoms with Crippen molar-refractivity contribution < 1.29 is 29.7 Å². The minimum atomic E-state index is -1.06. The lowest BCUT2D eigenvalue weighted by molar-refractivity contribution is -0.666. The molecule has 4 N–H and O–H groups in total. The van der Waals surface area contributed by atoms with Crippen LogP contribution in [-0.2, 0) is 19.1 Å². The maximum absolute atomic E-state index is 13.0. The van der Waals surface area contributed by atoms with E-state index in [1.165, 1.54) is 0 Å². The molecule has 0 amide bonds. The van der Waals surface area contributed by atoms with Crippen LogP contribution in [0.25, 0.3) is 0 Å². The van der Waals surface area contributed by atoms with E-state index in [0.717, 1.165) is 51.9 Å². The molecule has 1 aliphatic carbocycles. The number of rotatable bonds is 6. The fourth-order valence-corrected chi connectivity index (χ4v) is 4.70. The van der Waals surface area contributed by atoms with Crippen LogP contribution in [0.2, 0.25) is 0 Å². The summed E-state index contributed by atoms with van der Waals surface area (Å²) in [5, 5.41) is 4.61. The molecule has 0 aromatic carbocycles. The Hall–Kier alpha value is -1.14. The molecule has 0 unspecified atom stereocenters. The number of piperidine rings is 2. The van der Waals surface area contributed by atoms with Crippen LogP contribution < -0.4 is 10.6 Å². The summed E-state index contributed by atoms with van der Waals surface area (Å²) in [7, 11) is 0. The Morgan fingerprint density at radius 1 is 0.741 bits per heavy atom. The highest BCUT2D eigenvalue weighted by atomic mass is 16.6. The highest BCUT2D eigenvalue weighted by molar-refractivity contribution is 6.03. The Balaban J connectivity index is 1.61. The fraction of sp³-hybridized carbons (Fsp3) is 0.905. The Labute approximate surface area is 163 Å². The summed E-state index contributed by atoms with van der Waals surface area (Å²) in [5.74, 6) is -0.0407. The molecule has 154 valence electrons. The molecule has 2 aliphatic heterocycles. The first-order chi connectivity index (χ1) is 12.7. The summed E-state index contributed by atoms with van der Waals surface area (Å²) >= 11 is 0. The van der Waals surface area contributed by atoms with Gasteiger partial charge in [0.25, 0.3) is 0 Å². The topological polar surface area (TPSA) is 85.8 Å². The smallest absolute Gasteiger partial charge is 0.324 e. The summed E-state index contributed by atoms with van der Waals surface area (Å²) in [6, 6.07) is 0. The van der Waals surface area contributed by atoms with E-state index >= 15 is 0 Å². The number of carbonyl (C=O) groups is 2. The molecule has 0 radical (unpaired) electrons. The molecule has 1 saturated carbocycles. The minimum absolute atomic E-state index is 0.355. The van der Waals surface area contributed by atoms with E-state index in [-0.39, 0.29) is 11.9 Å².